The lowest BCUT2D eigenvalue weighted by Crippen LogP contribution is -2.46. The molecule has 0 spiro atoms. The Morgan fingerprint density at radius 3 is 2.46 bits per heavy atom. The molecule has 0 saturated carbocycles. The molecule has 2 aromatic carbocycles. The molecule has 2 amide bonds. The van der Waals surface area contributed by atoms with Crippen LogP contribution in [0.15, 0.2) is 57.9 Å². The lowest BCUT2D eigenvalue weighted by Gasteiger charge is -2.35. The highest BCUT2D eigenvalue weighted by Gasteiger charge is 2.33. The zero-order valence-electron chi connectivity index (χ0n) is 22.8. The monoisotopic (exact) mass is 589 g/mol. The van der Waals surface area contributed by atoms with Crippen molar-refractivity contribution < 1.29 is 9.59 Å². The fourth-order valence-electron chi connectivity index (χ4n) is 5.33. The van der Waals surface area contributed by atoms with Gasteiger partial charge in [0.05, 0.1) is 24.1 Å². The van der Waals surface area contributed by atoms with E-state index in [0.717, 1.165) is 27.7 Å². The van der Waals surface area contributed by atoms with E-state index >= 15 is 0 Å². The second-order valence-corrected chi connectivity index (χ2v) is 11.5. The fourth-order valence-corrected chi connectivity index (χ4v) is 5.58. The SMILES string of the molecule is CNC(=O)c1ccc(-n2c(=O)c3c(n4ncc(CC(C)C)c24)CN(C(=O)c2ccc(Br)c(C)c2)[C@H](C)C3)cc1. The molecule has 0 saturated heterocycles. The maximum absolute atomic E-state index is 14.1. The summed E-state index contributed by atoms with van der Waals surface area (Å²) in [6, 6.07) is 12.5. The van der Waals surface area contributed by atoms with Crippen LogP contribution in [0.2, 0.25) is 0 Å². The average Bonchev–Trinajstić information content (AvgIpc) is 3.32. The molecule has 202 valence electrons. The summed E-state index contributed by atoms with van der Waals surface area (Å²) in [6.07, 6.45) is 2.99. The van der Waals surface area contributed by atoms with Crippen LogP contribution in [0.1, 0.15) is 63.9 Å². The van der Waals surface area contributed by atoms with Gasteiger partial charge in [-0.15, -0.1) is 0 Å². The molecule has 4 aromatic rings. The second-order valence-electron chi connectivity index (χ2n) is 10.6. The number of fused-ring (bicyclic) bond motifs is 3. The lowest BCUT2D eigenvalue weighted by atomic mass is 9.97. The summed E-state index contributed by atoms with van der Waals surface area (Å²) in [6.45, 7) is 8.49. The molecule has 3 heterocycles. The van der Waals surface area contributed by atoms with Gasteiger partial charge >= 0.3 is 0 Å². The lowest BCUT2D eigenvalue weighted by molar-refractivity contribution is 0.0651. The van der Waals surface area contributed by atoms with Gasteiger partial charge in [-0.1, -0.05) is 29.8 Å². The maximum Gasteiger partial charge on any atom is 0.261 e. The molecule has 1 atom stereocenters. The van der Waals surface area contributed by atoms with Crippen molar-refractivity contribution in [3.8, 4) is 5.69 Å². The minimum Gasteiger partial charge on any atom is -0.355 e. The van der Waals surface area contributed by atoms with E-state index in [-0.39, 0.29) is 30.0 Å². The Morgan fingerprint density at radius 1 is 1.13 bits per heavy atom. The van der Waals surface area contributed by atoms with E-state index in [2.05, 4.69) is 35.1 Å². The van der Waals surface area contributed by atoms with Gasteiger partial charge in [0.1, 0.15) is 5.65 Å². The topological polar surface area (TPSA) is 88.7 Å². The first-order valence-electron chi connectivity index (χ1n) is 13.1. The summed E-state index contributed by atoms with van der Waals surface area (Å²) in [5.41, 5.74) is 5.73. The number of carbonyl (C=O) groups is 2. The number of benzene rings is 2. The average molecular weight is 591 g/mol. The molecule has 0 bridgehead atoms. The maximum atomic E-state index is 14.1. The summed E-state index contributed by atoms with van der Waals surface area (Å²) >= 11 is 3.51. The van der Waals surface area contributed by atoms with E-state index in [0.29, 0.717) is 40.4 Å². The van der Waals surface area contributed by atoms with Crippen molar-refractivity contribution in [3.05, 3.63) is 97.0 Å². The number of hydrogen-bond donors (Lipinski definition) is 1. The van der Waals surface area contributed by atoms with E-state index in [1.54, 1.807) is 35.9 Å². The summed E-state index contributed by atoms with van der Waals surface area (Å²) < 4.78 is 4.50. The quantitative estimate of drug-likeness (QED) is 0.365. The molecule has 1 N–H and O–H groups in total. The highest BCUT2D eigenvalue weighted by molar-refractivity contribution is 9.10. The van der Waals surface area contributed by atoms with Crippen LogP contribution in [-0.4, -0.2) is 44.0 Å². The number of rotatable bonds is 5. The molecule has 5 rings (SSSR count). The van der Waals surface area contributed by atoms with Gasteiger partial charge in [0, 0.05) is 39.8 Å². The Morgan fingerprint density at radius 2 is 1.82 bits per heavy atom. The predicted molar refractivity (Wildman–Crippen MR) is 155 cm³/mol. The number of carbonyl (C=O) groups excluding carboxylic acids is 2. The Kier molecular flexibility index (Phi) is 7.20. The molecule has 0 unspecified atom stereocenters. The molecule has 39 heavy (non-hydrogen) atoms. The van der Waals surface area contributed by atoms with Gasteiger partial charge in [0.25, 0.3) is 17.4 Å². The molecule has 9 heteroatoms. The molecule has 1 aliphatic rings. The van der Waals surface area contributed by atoms with Crippen molar-refractivity contribution >= 4 is 33.4 Å². The van der Waals surface area contributed by atoms with Crippen LogP contribution >= 0.6 is 15.9 Å². The van der Waals surface area contributed by atoms with Crippen LogP contribution in [-0.2, 0) is 19.4 Å². The van der Waals surface area contributed by atoms with E-state index in [1.807, 2.05) is 47.7 Å². The number of hydrogen-bond acceptors (Lipinski definition) is 4. The number of amides is 2. The number of aryl methyl sites for hydroxylation is 1. The van der Waals surface area contributed by atoms with E-state index in [9.17, 15) is 14.4 Å². The summed E-state index contributed by atoms with van der Waals surface area (Å²) in [7, 11) is 1.59. The fraction of sp³-hybridized carbons (Fsp3) is 0.333. The molecule has 8 nitrogen and oxygen atoms in total. The van der Waals surface area contributed by atoms with Gasteiger partial charge in [-0.2, -0.15) is 5.10 Å². The van der Waals surface area contributed by atoms with Gasteiger partial charge < -0.3 is 10.2 Å². The zero-order chi connectivity index (χ0) is 28.0. The Bertz CT molecular complexity index is 1650. The second kappa shape index (κ2) is 10.4. The Balaban J connectivity index is 1.66. The van der Waals surface area contributed by atoms with Crippen LogP contribution in [0, 0.1) is 12.8 Å². The van der Waals surface area contributed by atoms with Crippen molar-refractivity contribution in [1.29, 1.82) is 0 Å². The van der Waals surface area contributed by atoms with Gasteiger partial charge in [0.15, 0.2) is 0 Å². The first kappa shape index (κ1) is 26.9. The minimum absolute atomic E-state index is 0.0690. The van der Waals surface area contributed by atoms with Crippen molar-refractivity contribution in [1.82, 2.24) is 24.4 Å². The molecule has 0 radical (unpaired) electrons. The first-order valence-corrected chi connectivity index (χ1v) is 13.9. The van der Waals surface area contributed by atoms with Crippen molar-refractivity contribution in [2.75, 3.05) is 7.05 Å². The van der Waals surface area contributed by atoms with Crippen LogP contribution in [0.5, 0.6) is 0 Å². The normalized spacial score (nSPS) is 15.1. The molecule has 0 aliphatic carbocycles. The Labute approximate surface area is 235 Å². The molecular formula is C30H32BrN5O3. The summed E-state index contributed by atoms with van der Waals surface area (Å²) in [5, 5.41) is 7.37. The van der Waals surface area contributed by atoms with E-state index in [4.69, 9.17) is 5.10 Å². The first-order chi connectivity index (χ1) is 18.6. The number of nitrogens with one attached hydrogen (secondary N) is 1. The van der Waals surface area contributed by atoms with Crippen molar-refractivity contribution in [2.24, 2.45) is 5.92 Å². The third kappa shape index (κ3) is 4.80. The van der Waals surface area contributed by atoms with E-state index in [1.165, 1.54) is 0 Å². The van der Waals surface area contributed by atoms with Gasteiger partial charge in [-0.3, -0.25) is 19.0 Å². The molecule has 1 aliphatic heterocycles. The Hall–Kier alpha value is -3.72. The van der Waals surface area contributed by atoms with Crippen LogP contribution in [0.25, 0.3) is 11.3 Å². The number of halogens is 1. The summed E-state index contributed by atoms with van der Waals surface area (Å²) in [4.78, 5) is 41.7. The smallest absolute Gasteiger partial charge is 0.261 e. The van der Waals surface area contributed by atoms with Crippen molar-refractivity contribution in [2.45, 2.75) is 53.1 Å². The molecule has 0 fully saturated rings. The van der Waals surface area contributed by atoms with E-state index < -0.39 is 0 Å². The third-order valence-electron chi connectivity index (χ3n) is 7.35. The highest BCUT2D eigenvalue weighted by Crippen LogP contribution is 2.28. The van der Waals surface area contributed by atoms with Gasteiger partial charge in [-0.25, -0.2) is 4.52 Å². The van der Waals surface area contributed by atoms with Gasteiger partial charge in [-0.05, 0) is 80.6 Å². The zero-order valence-corrected chi connectivity index (χ0v) is 24.4. The third-order valence-corrected chi connectivity index (χ3v) is 8.24. The van der Waals surface area contributed by atoms with Gasteiger partial charge in [0.2, 0.25) is 0 Å². The van der Waals surface area contributed by atoms with Crippen molar-refractivity contribution in [3.63, 3.8) is 0 Å². The summed E-state index contributed by atoms with van der Waals surface area (Å²) in [5.74, 6) is 0.0984. The largest absolute Gasteiger partial charge is 0.355 e. The molecular weight excluding hydrogens is 558 g/mol. The minimum atomic E-state index is -0.186. The predicted octanol–water partition coefficient (Wildman–Crippen LogP) is 4.70. The number of aromatic nitrogens is 3. The molecule has 2 aromatic heterocycles. The number of nitrogens with zero attached hydrogens (tertiary/aromatic N) is 4. The standard InChI is InChI=1S/C30H32BrN5O3/c1-17(2)12-22-15-33-36-26-16-34(29(38)21-8-11-25(31)18(3)13-21)19(4)14-24(26)30(39)35(28(22)36)23-9-6-20(7-10-23)27(37)32-5/h6-11,13,15,17,19H,12,14,16H2,1-5H3,(H,32,37)/t19-/m1/s1. The van der Waals surface area contributed by atoms with Crippen LogP contribution in [0.4, 0.5) is 0 Å². The van der Waals surface area contributed by atoms with Crippen LogP contribution in [0.3, 0.4) is 0 Å². The van der Waals surface area contributed by atoms with Crippen LogP contribution < -0.4 is 10.9 Å². The highest BCUT2D eigenvalue weighted by atomic mass is 79.9.